The highest BCUT2D eigenvalue weighted by Gasteiger charge is 2.25. The Morgan fingerprint density at radius 1 is 1.13 bits per heavy atom. The number of phenols is 1. The number of ether oxygens (including phenoxy) is 1. The number of hydrazone groups is 1. The van der Waals surface area contributed by atoms with E-state index in [1.165, 1.54) is 36.7 Å². The molecule has 0 bridgehead atoms. The van der Waals surface area contributed by atoms with E-state index in [9.17, 15) is 9.90 Å². The number of hydrogen-bond donors (Lipinski definition) is 3. The summed E-state index contributed by atoms with van der Waals surface area (Å²) in [5, 5.41) is 22.1. The zero-order chi connectivity index (χ0) is 27.3. The molecule has 4 rings (SSSR count). The van der Waals surface area contributed by atoms with Gasteiger partial charge in [0.05, 0.1) is 29.7 Å². The number of methoxy groups -OCH3 is 1. The maximum atomic E-state index is 12.5. The Balaban J connectivity index is 1.52. The highest BCUT2D eigenvalue weighted by atomic mass is 32.2. The van der Waals surface area contributed by atoms with Crippen molar-refractivity contribution in [3.8, 4) is 28.6 Å². The fourth-order valence-corrected chi connectivity index (χ4v) is 4.52. The Hall–Kier alpha value is -4.11. The zero-order valence-electron chi connectivity index (χ0n) is 22.1. The quantitative estimate of drug-likeness (QED) is 0.130. The van der Waals surface area contributed by atoms with Crippen LogP contribution in [-0.2, 0) is 10.2 Å². The minimum atomic E-state index is -0.272. The third-order valence-electron chi connectivity index (χ3n) is 5.93. The molecule has 8 nitrogen and oxygen atoms in total. The van der Waals surface area contributed by atoms with E-state index in [-0.39, 0.29) is 22.8 Å². The van der Waals surface area contributed by atoms with Crippen LogP contribution in [0.25, 0.3) is 17.1 Å². The van der Waals surface area contributed by atoms with Gasteiger partial charge >= 0.3 is 5.16 Å². The van der Waals surface area contributed by atoms with Crippen molar-refractivity contribution in [3.05, 3.63) is 83.4 Å². The molecule has 3 aromatic carbocycles. The first-order chi connectivity index (χ1) is 18.2. The van der Waals surface area contributed by atoms with Crippen LogP contribution in [0.1, 0.15) is 37.5 Å². The largest absolute Gasteiger partial charge is 0.504 e. The van der Waals surface area contributed by atoms with E-state index in [0.29, 0.717) is 16.5 Å². The number of carbonyl (C=O) groups is 1. The lowest BCUT2D eigenvalue weighted by atomic mass is 9.87. The van der Waals surface area contributed by atoms with Gasteiger partial charge in [0, 0.05) is 0 Å². The predicted octanol–water partition coefficient (Wildman–Crippen LogP) is 4.92. The third kappa shape index (κ3) is 6.41. The van der Waals surface area contributed by atoms with Crippen LogP contribution in [-0.4, -0.2) is 40.3 Å². The molecule has 0 radical (unpaired) electrons. The number of benzene rings is 3. The molecule has 0 unspecified atom stereocenters. The summed E-state index contributed by atoms with van der Waals surface area (Å²) >= 11 is 1.31. The molecule has 0 aliphatic heterocycles. The number of hydrogen-bond acceptors (Lipinski definition) is 6. The summed E-state index contributed by atoms with van der Waals surface area (Å²) in [6.07, 6.45) is 1.49. The van der Waals surface area contributed by atoms with Crippen LogP contribution in [0.2, 0.25) is 0 Å². The van der Waals surface area contributed by atoms with E-state index in [2.05, 4.69) is 77.9 Å². The Morgan fingerprint density at radius 2 is 1.84 bits per heavy atom. The number of nitrogens with zero attached hydrogens (tertiary/aromatic N) is 3. The van der Waals surface area contributed by atoms with E-state index >= 15 is 0 Å². The van der Waals surface area contributed by atoms with Gasteiger partial charge in [0.2, 0.25) is 0 Å². The summed E-state index contributed by atoms with van der Waals surface area (Å²) in [6.45, 7) is 8.62. The molecule has 1 heterocycles. The van der Waals surface area contributed by atoms with Crippen LogP contribution in [0.3, 0.4) is 0 Å². The van der Waals surface area contributed by atoms with Crippen LogP contribution in [0, 0.1) is 6.92 Å². The van der Waals surface area contributed by atoms with E-state index in [4.69, 9.17) is 4.74 Å². The Morgan fingerprint density at radius 3 is 2.50 bits per heavy atom. The molecule has 0 fully saturated rings. The van der Waals surface area contributed by atoms with Crippen LogP contribution in [0.4, 0.5) is 0 Å². The van der Waals surface area contributed by atoms with E-state index in [0.717, 1.165) is 22.6 Å². The number of aromatic amines is 1. The van der Waals surface area contributed by atoms with Crippen LogP contribution in [0.5, 0.6) is 11.5 Å². The maximum Gasteiger partial charge on any atom is 0.342 e. The molecule has 3 N–H and O–H groups in total. The van der Waals surface area contributed by atoms with Gasteiger partial charge in [-0.1, -0.05) is 50.6 Å². The van der Waals surface area contributed by atoms with Crippen molar-refractivity contribution in [2.24, 2.45) is 5.10 Å². The van der Waals surface area contributed by atoms with E-state index in [1.54, 1.807) is 12.1 Å². The summed E-state index contributed by atoms with van der Waals surface area (Å²) in [6, 6.07) is 21.4. The van der Waals surface area contributed by atoms with Crippen molar-refractivity contribution in [2.45, 2.75) is 38.3 Å². The van der Waals surface area contributed by atoms with Gasteiger partial charge in [0.15, 0.2) is 11.5 Å². The molecule has 1 amide bonds. The van der Waals surface area contributed by atoms with Gasteiger partial charge in [0.1, 0.15) is 5.69 Å². The Labute approximate surface area is 226 Å². The van der Waals surface area contributed by atoms with Crippen molar-refractivity contribution >= 4 is 23.9 Å². The lowest BCUT2D eigenvalue weighted by Gasteiger charge is -2.18. The number of H-pyrrole nitrogens is 1. The van der Waals surface area contributed by atoms with Gasteiger partial charge < -0.3 is 9.84 Å². The first-order valence-corrected chi connectivity index (χ1v) is 13.1. The summed E-state index contributed by atoms with van der Waals surface area (Å²) in [4.78, 5) is 12.5. The SMILES string of the molecule is COc1cc(/C=N/NC(=O)CSc2n[nH]c(-c3ccc(C(C)(C)C)cc3)[n+]2-c2ccc(C)cc2)ccc1O. The monoisotopic (exact) mass is 530 g/mol. The van der Waals surface area contributed by atoms with Gasteiger partial charge in [-0.05, 0) is 77.7 Å². The van der Waals surface area contributed by atoms with Crippen molar-refractivity contribution in [2.75, 3.05) is 12.9 Å². The third-order valence-corrected chi connectivity index (χ3v) is 6.87. The van der Waals surface area contributed by atoms with Gasteiger partial charge in [0.25, 0.3) is 11.7 Å². The van der Waals surface area contributed by atoms with Gasteiger partial charge in [-0.25, -0.2) is 5.43 Å². The molecule has 9 heteroatoms. The fraction of sp³-hybridized carbons (Fsp3) is 0.241. The van der Waals surface area contributed by atoms with Crippen LogP contribution < -0.4 is 14.7 Å². The number of nitrogens with one attached hydrogen (secondary N) is 2. The fourth-order valence-electron chi connectivity index (χ4n) is 3.76. The molecule has 38 heavy (non-hydrogen) atoms. The van der Waals surface area contributed by atoms with Crippen LogP contribution in [0.15, 0.2) is 77.0 Å². The molecular weight excluding hydrogens is 498 g/mol. The lowest BCUT2D eigenvalue weighted by molar-refractivity contribution is -0.625. The number of aromatic hydroxyl groups is 1. The second kappa shape index (κ2) is 11.5. The molecule has 1 aromatic heterocycles. The van der Waals surface area contributed by atoms with Crippen molar-refractivity contribution in [1.29, 1.82) is 0 Å². The Bertz CT molecular complexity index is 1440. The minimum Gasteiger partial charge on any atom is -0.504 e. The molecule has 0 saturated carbocycles. The van der Waals surface area contributed by atoms with E-state index in [1.807, 2.05) is 23.6 Å². The number of amides is 1. The summed E-state index contributed by atoms with van der Waals surface area (Å²) < 4.78 is 7.12. The zero-order valence-corrected chi connectivity index (χ0v) is 23.0. The maximum absolute atomic E-state index is 12.5. The lowest BCUT2D eigenvalue weighted by Crippen LogP contribution is -2.34. The molecule has 0 spiro atoms. The molecule has 0 aliphatic rings. The number of rotatable bonds is 8. The molecule has 0 aliphatic carbocycles. The summed E-state index contributed by atoms with van der Waals surface area (Å²) in [7, 11) is 1.47. The smallest absolute Gasteiger partial charge is 0.342 e. The van der Waals surface area contributed by atoms with Crippen molar-refractivity contribution < 1.29 is 19.2 Å². The van der Waals surface area contributed by atoms with Gasteiger partial charge in [-0.2, -0.15) is 9.67 Å². The summed E-state index contributed by atoms with van der Waals surface area (Å²) in [5.74, 6) is 1.05. The summed E-state index contributed by atoms with van der Waals surface area (Å²) in [5.41, 5.74) is 7.63. The predicted molar refractivity (Wildman–Crippen MR) is 150 cm³/mol. The molecular formula is C29H32N5O3S+. The van der Waals surface area contributed by atoms with Crippen molar-refractivity contribution in [3.63, 3.8) is 0 Å². The van der Waals surface area contributed by atoms with Gasteiger partial charge in [-0.3, -0.25) is 4.79 Å². The molecule has 196 valence electrons. The topological polar surface area (TPSA) is 103 Å². The number of thioether (sulfide) groups is 1. The standard InChI is InChI=1S/C29H31N5O3S/c1-19-6-13-23(14-7-19)34-27(21-9-11-22(12-10-21)29(2,3)4)32-33-28(34)38-18-26(36)31-30-17-20-8-15-24(35)25(16-20)37-5/h6-17H,18H2,1-5H3,(H2,30,31,35,36)/p+1. The second-order valence-electron chi connectivity index (χ2n) is 9.87. The average molecular weight is 531 g/mol. The minimum absolute atomic E-state index is 0.0375. The van der Waals surface area contributed by atoms with Crippen LogP contribution >= 0.6 is 11.8 Å². The van der Waals surface area contributed by atoms with Crippen molar-refractivity contribution in [1.82, 2.24) is 15.6 Å². The molecule has 0 atom stereocenters. The number of aromatic nitrogens is 3. The highest BCUT2D eigenvalue weighted by Crippen LogP contribution is 2.27. The van der Waals surface area contributed by atoms with E-state index < -0.39 is 0 Å². The molecule has 0 saturated heterocycles. The highest BCUT2D eigenvalue weighted by molar-refractivity contribution is 7.99. The first kappa shape index (κ1) is 26.9. The van der Waals surface area contributed by atoms with Gasteiger partial charge in [-0.15, -0.1) is 5.10 Å². The number of phenolic OH excluding ortho intramolecular Hbond substituents is 1. The second-order valence-corrected chi connectivity index (χ2v) is 10.8. The number of aryl methyl sites for hydroxylation is 1. The normalized spacial score (nSPS) is 11.6. The average Bonchev–Trinajstić information content (AvgIpc) is 3.32. The Kier molecular flexibility index (Phi) is 8.16. The molecule has 4 aromatic rings. The number of carbonyl (C=O) groups excluding carboxylic acids is 1. The first-order valence-electron chi connectivity index (χ1n) is 12.2.